The summed E-state index contributed by atoms with van der Waals surface area (Å²) in [5, 5.41) is 3.36. The van der Waals surface area contributed by atoms with Crippen LogP contribution in [-0.2, 0) is 13.1 Å². The summed E-state index contributed by atoms with van der Waals surface area (Å²) in [6.07, 6.45) is 6.64. The van der Waals surface area contributed by atoms with Crippen LogP contribution in [0.25, 0.3) is 0 Å². The molecule has 0 radical (unpaired) electrons. The highest BCUT2D eigenvalue weighted by Gasteiger charge is 1.99. The summed E-state index contributed by atoms with van der Waals surface area (Å²) in [6.45, 7) is 2.66. The summed E-state index contributed by atoms with van der Waals surface area (Å²) in [5.74, 6) is 0. The second-order valence-corrected chi connectivity index (χ2v) is 4.29. The lowest BCUT2D eigenvalue weighted by molar-refractivity contribution is 0.581. The predicted molar refractivity (Wildman–Crippen MR) is 73.8 cm³/mol. The third-order valence-electron chi connectivity index (χ3n) is 2.81. The maximum absolute atomic E-state index is 5.87. The Balaban J connectivity index is 1.70. The van der Waals surface area contributed by atoms with Crippen molar-refractivity contribution >= 4 is 11.4 Å². The van der Waals surface area contributed by atoms with E-state index >= 15 is 0 Å². The Morgan fingerprint density at radius 3 is 2.94 bits per heavy atom. The first-order valence-electron chi connectivity index (χ1n) is 6.06. The molecule has 1 aromatic carbocycles. The highest BCUT2D eigenvalue weighted by Crippen LogP contribution is 2.14. The zero-order valence-corrected chi connectivity index (χ0v) is 10.3. The molecule has 0 bridgehead atoms. The molecule has 2 rings (SSSR count). The molecule has 0 amide bonds. The first-order valence-corrected chi connectivity index (χ1v) is 6.06. The molecule has 0 saturated carbocycles. The van der Waals surface area contributed by atoms with Gasteiger partial charge in [-0.05, 0) is 36.7 Å². The second kappa shape index (κ2) is 6.07. The molecule has 0 saturated heterocycles. The topological polar surface area (TPSA) is 81.9 Å². The zero-order valence-electron chi connectivity index (χ0n) is 10.3. The molecule has 0 aliphatic carbocycles. The Morgan fingerprint density at radius 2 is 2.17 bits per heavy atom. The van der Waals surface area contributed by atoms with Crippen LogP contribution in [0.1, 0.15) is 12.0 Å². The predicted octanol–water partition coefficient (Wildman–Crippen LogP) is 1.23. The van der Waals surface area contributed by atoms with Crippen LogP contribution in [0, 0.1) is 0 Å². The van der Waals surface area contributed by atoms with Crippen molar-refractivity contribution in [3.05, 3.63) is 42.5 Å². The van der Waals surface area contributed by atoms with E-state index in [4.69, 9.17) is 11.5 Å². The summed E-state index contributed by atoms with van der Waals surface area (Å²) in [6, 6.07) is 5.58. The molecule has 5 N–H and O–H groups in total. The molecule has 1 heterocycles. The van der Waals surface area contributed by atoms with E-state index in [0.717, 1.165) is 43.0 Å². The first kappa shape index (κ1) is 12.4. The molecular formula is C13H19N5. The monoisotopic (exact) mass is 245 g/mol. The van der Waals surface area contributed by atoms with Crippen molar-refractivity contribution in [1.82, 2.24) is 14.9 Å². The Bertz CT molecular complexity index is 478. The van der Waals surface area contributed by atoms with Gasteiger partial charge in [0.25, 0.3) is 0 Å². The van der Waals surface area contributed by atoms with Gasteiger partial charge < -0.3 is 21.4 Å². The fourth-order valence-corrected chi connectivity index (χ4v) is 1.81. The molecule has 0 aliphatic rings. The summed E-state index contributed by atoms with van der Waals surface area (Å²) >= 11 is 0. The Hall–Kier alpha value is -2.01. The summed E-state index contributed by atoms with van der Waals surface area (Å²) in [5.41, 5.74) is 14.2. The summed E-state index contributed by atoms with van der Waals surface area (Å²) in [7, 11) is 0. The number of nitrogens with zero attached hydrogens (tertiary/aromatic N) is 2. The Labute approximate surface area is 107 Å². The van der Waals surface area contributed by atoms with Gasteiger partial charge in [0, 0.05) is 36.9 Å². The van der Waals surface area contributed by atoms with Crippen LogP contribution in [0.5, 0.6) is 0 Å². The maximum Gasteiger partial charge on any atom is 0.0945 e. The molecule has 0 aliphatic heterocycles. The SMILES string of the molecule is Nc1ccc(N)c(CNCCCn2ccnc2)c1. The summed E-state index contributed by atoms with van der Waals surface area (Å²) < 4.78 is 2.07. The minimum atomic E-state index is 0.749. The van der Waals surface area contributed by atoms with Crippen LogP contribution < -0.4 is 16.8 Å². The maximum atomic E-state index is 5.87. The average molecular weight is 245 g/mol. The Morgan fingerprint density at radius 1 is 1.28 bits per heavy atom. The molecule has 0 unspecified atom stereocenters. The number of benzene rings is 1. The fraction of sp³-hybridized carbons (Fsp3) is 0.308. The lowest BCUT2D eigenvalue weighted by atomic mass is 10.1. The molecule has 96 valence electrons. The van der Waals surface area contributed by atoms with Crippen molar-refractivity contribution in [3.8, 4) is 0 Å². The van der Waals surface area contributed by atoms with E-state index in [0.29, 0.717) is 0 Å². The van der Waals surface area contributed by atoms with Gasteiger partial charge >= 0.3 is 0 Å². The molecule has 2 aromatic rings. The van der Waals surface area contributed by atoms with Gasteiger partial charge in [0.1, 0.15) is 0 Å². The van der Waals surface area contributed by atoms with Crippen LogP contribution in [0.3, 0.4) is 0 Å². The van der Waals surface area contributed by atoms with Crippen molar-refractivity contribution in [2.24, 2.45) is 0 Å². The van der Waals surface area contributed by atoms with Gasteiger partial charge in [-0.2, -0.15) is 0 Å². The molecule has 5 nitrogen and oxygen atoms in total. The number of rotatable bonds is 6. The van der Waals surface area contributed by atoms with Crippen molar-refractivity contribution in [3.63, 3.8) is 0 Å². The van der Waals surface area contributed by atoms with E-state index in [9.17, 15) is 0 Å². The van der Waals surface area contributed by atoms with Gasteiger partial charge in [0.2, 0.25) is 0 Å². The number of nitrogen functional groups attached to an aromatic ring is 2. The fourth-order valence-electron chi connectivity index (χ4n) is 1.81. The van der Waals surface area contributed by atoms with E-state index in [1.54, 1.807) is 6.20 Å². The number of anilines is 2. The minimum Gasteiger partial charge on any atom is -0.399 e. The number of nitrogens with two attached hydrogens (primary N) is 2. The van der Waals surface area contributed by atoms with Gasteiger partial charge in [-0.3, -0.25) is 0 Å². The van der Waals surface area contributed by atoms with Crippen LogP contribution in [0.15, 0.2) is 36.9 Å². The number of aromatic nitrogens is 2. The molecule has 5 heteroatoms. The van der Waals surface area contributed by atoms with E-state index in [1.807, 2.05) is 30.7 Å². The number of hydrogen-bond acceptors (Lipinski definition) is 4. The van der Waals surface area contributed by atoms with Gasteiger partial charge in [-0.25, -0.2) is 4.98 Å². The van der Waals surface area contributed by atoms with Crippen molar-refractivity contribution in [2.45, 2.75) is 19.5 Å². The van der Waals surface area contributed by atoms with Crippen molar-refractivity contribution in [1.29, 1.82) is 0 Å². The summed E-state index contributed by atoms with van der Waals surface area (Å²) in [4.78, 5) is 4.00. The van der Waals surface area contributed by atoms with Gasteiger partial charge in [0.15, 0.2) is 0 Å². The molecule has 0 atom stereocenters. The van der Waals surface area contributed by atoms with Gasteiger partial charge in [0.05, 0.1) is 6.33 Å². The van der Waals surface area contributed by atoms with Crippen LogP contribution in [0.2, 0.25) is 0 Å². The lowest BCUT2D eigenvalue weighted by Crippen LogP contribution is -2.17. The largest absolute Gasteiger partial charge is 0.399 e. The first-order chi connectivity index (χ1) is 8.75. The van der Waals surface area contributed by atoms with Crippen LogP contribution in [0.4, 0.5) is 11.4 Å². The highest BCUT2D eigenvalue weighted by atomic mass is 15.0. The number of nitrogens with one attached hydrogen (secondary N) is 1. The molecule has 18 heavy (non-hydrogen) atoms. The van der Waals surface area contributed by atoms with Gasteiger partial charge in [-0.1, -0.05) is 0 Å². The molecule has 0 spiro atoms. The highest BCUT2D eigenvalue weighted by molar-refractivity contribution is 5.55. The van der Waals surface area contributed by atoms with Crippen molar-refractivity contribution in [2.75, 3.05) is 18.0 Å². The van der Waals surface area contributed by atoms with Gasteiger partial charge in [-0.15, -0.1) is 0 Å². The van der Waals surface area contributed by atoms with E-state index < -0.39 is 0 Å². The van der Waals surface area contributed by atoms with Crippen LogP contribution >= 0.6 is 0 Å². The molecule has 0 fully saturated rings. The number of hydrogen-bond donors (Lipinski definition) is 3. The average Bonchev–Trinajstić information content (AvgIpc) is 2.86. The van der Waals surface area contributed by atoms with Crippen molar-refractivity contribution < 1.29 is 0 Å². The van der Waals surface area contributed by atoms with E-state index in [1.165, 1.54) is 0 Å². The van der Waals surface area contributed by atoms with Crippen LogP contribution in [-0.4, -0.2) is 16.1 Å². The second-order valence-electron chi connectivity index (χ2n) is 4.29. The number of imidazole rings is 1. The standard InChI is InChI=1S/C13H19N5/c14-12-2-3-13(15)11(8-12)9-16-4-1-6-18-7-5-17-10-18/h2-3,5,7-8,10,16H,1,4,6,9,14-15H2. The Kier molecular flexibility index (Phi) is 4.20. The smallest absolute Gasteiger partial charge is 0.0945 e. The quantitative estimate of drug-likeness (QED) is 0.528. The zero-order chi connectivity index (χ0) is 12.8. The van der Waals surface area contributed by atoms with E-state index in [-0.39, 0.29) is 0 Å². The molecule has 1 aromatic heterocycles. The minimum absolute atomic E-state index is 0.749. The lowest BCUT2D eigenvalue weighted by Gasteiger charge is -2.08. The number of aryl methyl sites for hydroxylation is 1. The third kappa shape index (κ3) is 3.49. The molecular weight excluding hydrogens is 226 g/mol. The van der Waals surface area contributed by atoms with E-state index in [2.05, 4.69) is 14.9 Å². The third-order valence-corrected chi connectivity index (χ3v) is 2.81. The normalized spacial score (nSPS) is 10.7.